The smallest absolute Gasteiger partial charge is 0.240 e. The predicted octanol–water partition coefficient (Wildman–Crippen LogP) is 2.60. The maximum Gasteiger partial charge on any atom is 0.240 e. The minimum Gasteiger partial charge on any atom is -0.330 e. The molecule has 0 heterocycles. The Morgan fingerprint density at radius 3 is 2.57 bits per heavy atom. The largest absolute Gasteiger partial charge is 0.330 e. The summed E-state index contributed by atoms with van der Waals surface area (Å²) in [4.78, 5) is 16.9. The number of hydrogen-bond donors (Lipinski definition) is 1. The van der Waals surface area contributed by atoms with E-state index in [1.807, 2.05) is 4.90 Å². The third-order valence-electron chi connectivity index (χ3n) is 4.08. The van der Waals surface area contributed by atoms with Crippen LogP contribution in [0.25, 0.3) is 0 Å². The Labute approximate surface area is 130 Å². The molecule has 0 radical (unpaired) electrons. The molecular formula is C17H33N3O. The number of amides is 1. The van der Waals surface area contributed by atoms with E-state index in [-0.39, 0.29) is 11.3 Å². The van der Waals surface area contributed by atoms with E-state index in [1.165, 1.54) is 12.1 Å². The normalized spacial score (nSPS) is 15.4. The Balaban J connectivity index is 2.66. The van der Waals surface area contributed by atoms with Gasteiger partial charge >= 0.3 is 0 Å². The second kappa shape index (κ2) is 8.54. The Hall–Kier alpha value is -0.870. The van der Waals surface area contributed by atoms with Gasteiger partial charge in [0.05, 0.1) is 6.54 Å². The highest BCUT2D eigenvalue weighted by Gasteiger charge is 2.24. The number of nitrogens with two attached hydrogens (primary N) is 1. The Kier molecular flexibility index (Phi) is 7.40. The molecule has 1 amide bonds. The monoisotopic (exact) mass is 295 g/mol. The fourth-order valence-corrected chi connectivity index (χ4v) is 2.92. The summed E-state index contributed by atoms with van der Waals surface area (Å²) in [5.41, 5.74) is 7.11. The van der Waals surface area contributed by atoms with Crippen LogP contribution in [0.5, 0.6) is 0 Å². The SMILES string of the molecule is CCCN(CC(=O)N(CC)C1=CCCC1)CC(C)(C)CN. The standard InChI is InChI=1S/C17H33N3O/c1-5-11-19(14-17(3,4)13-18)12-16(21)20(6-2)15-9-7-8-10-15/h9H,5-8,10-14,18H2,1-4H3. The highest BCUT2D eigenvalue weighted by atomic mass is 16.2. The summed E-state index contributed by atoms with van der Waals surface area (Å²) in [6, 6.07) is 0. The maximum atomic E-state index is 12.6. The van der Waals surface area contributed by atoms with Crippen LogP contribution in [-0.4, -0.2) is 48.4 Å². The Bertz CT molecular complexity index is 363. The molecule has 0 aliphatic heterocycles. The molecule has 1 aliphatic rings. The van der Waals surface area contributed by atoms with Gasteiger partial charge in [0.15, 0.2) is 0 Å². The fourth-order valence-electron chi connectivity index (χ4n) is 2.92. The van der Waals surface area contributed by atoms with Gasteiger partial charge in [-0.15, -0.1) is 0 Å². The summed E-state index contributed by atoms with van der Waals surface area (Å²) in [7, 11) is 0. The fraction of sp³-hybridized carbons (Fsp3) is 0.824. The molecule has 0 bridgehead atoms. The molecule has 1 rings (SSSR count). The van der Waals surface area contributed by atoms with E-state index in [4.69, 9.17) is 5.73 Å². The number of rotatable bonds is 9. The highest BCUT2D eigenvalue weighted by molar-refractivity contribution is 5.80. The van der Waals surface area contributed by atoms with Gasteiger partial charge in [-0.2, -0.15) is 0 Å². The van der Waals surface area contributed by atoms with Crippen LogP contribution in [0.1, 0.15) is 53.4 Å². The molecule has 4 nitrogen and oxygen atoms in total. The van der Waals surface area contributed by atoms with Gasteiger partial charge in [0.2, 0.25) is 5.91 Å². The molecule has 0 fully saturated rings. The van der Waals surface area contributed by atoms with Gasteiger partial charge in [0, 0.05) is 18.8 Å². The number of carbonyl (C=O) groups excluding carboxylic acids is 1. The minimum atomic E-state index is 0.0547. The zero-order valence-electron chi connectivity index (χ0n) is 14.3. The van der Waals surface area contributed by atoms with Crippen molar-refractivity contribution in [1.82, 2.24) is 9.80 Å². The van der Waals surface area contributed by atoms with Crippen LogP contribution < -0.4 is 5.73 Å². The molecular weight excluding hydrogens is 262 g/mol. The second-order valence-corrected chi connectivity index (χ2v) is 6.80. The van der Waals surface area contributed by atoms with Gasteiger partial charge in [-0.3, -0.25) is 9.69 Å². The first-order valence-electron chi connectivity index (χ1n) is 8.35. The van der Waals surface area contributed by atoms with E-state index in [9.17, 15) is 4.79 Å². The topological polar surface area (TPSA) is 49.6 Å². The van der Waals surface area contributed by atoms with E-state index in [0.29, 0.717) is 13.1 Å². The number of hydrogen-bond acceptors (Lipinski definition) is 3. The molecule has 0 aromatic rings. The zero-order valence-corrected chi connectivity index (χ0v) is 14.3. The van der Waals surface area contributed by atoms with Gasteiger partial charge in [0.1, 0.15) is 0 Å². The summed E-state index contributed by atoms with van der Waals surface area (Å²) in [5.74, 6) is 0.229. The molecule has 2 N–H and O–H groups in total. The molecule has 0 atom stereocenters. The molecule has 4 heteroatoms. The molecule has 0 aromatic heterocycles. The van der Waals surface area contributed by atoms with Crippen molar-refractivity contribution in [2.24, 2.45) is 11.1 Å². The molecule has 0 saturated heterocycles. The third kappa shape index (κ3) is 5.79. The van der Waals surface area contributed by atoms with Crippen LogP contribution >= 0.6 is 0 Å². The Morgan fingerprint density at radius 1 is 1.38 bits per heavy atom. The summed E-state index contributed by atoms with van der Waals surface area (Å²) in [5, 5.41) is 0. The van der Waals surface area contributed by atoms with Crippen LogP contribution in [0.15, 0.2) is 11.8 Å². The van der Waals surface area contributed by atoms with Gasteiger partial charge in [0.25, 0.3) is 0 Å². The lowest BCUT2D eigenvalue weighted by molar-refractivity contribution is -0.130. The summed E-state index contributed by atoms with van der Waals surface area (Å²) in [6.45, 7) is 12.3. The van der Waals surface area contributed by atoms with Gasteiger partial charge in [-0.05, 0) is 51.1 Å². The second-order valence-electron chi connectivity index (χ2n) is 6.80. The molecule has 0 saturated carbocycles. The first-order valence-corrected chi connectivity index (χ1v) is 8.35. The van der Waals surface area contributed by atoms with E-state index in [0.717, 1.165) is 38.9 Å². The summed E-state index contributed by atoms with van der Waals surface area (Å²) < 4.78 is 0. The van der Waals surface area contributed by atoms with Crippen LogP contribution in [0, 0.1) is 5.41 Å². The lowest BCUT2D eigenvalue weighted by Crippen LogP contribution is -2.45. The quantitative estimate of drug-likeness (QED) is 0.711. The van der Waals surface area contributed by atoms with Crippen molar-refractivity contribution in [1.29, 1.82) is 0 Å². The molecule has 1 aliphatic carbocycles. The van der Waals surface area contributed by atoms with Crippen LogP contribution in [0.3, 0.4) is 0 Å². The molecule has 0 aromatic carbocycles. The van der Waals surface area contributed by atoms with E-state index in [1.54, 1.807) is 0 Å². The summed E-state index contributed by atoms with van der Waals surface area (Å²) in [6.07, 6.45) is 6.61. The average molecular weight is 295 g/mol. The number of likely N-dealkylation sites (N-methyl/N-ethyl adjacent to an activating group) is 1. The van der Waals surface area contributed by atoms with Gasteiger partial charge < -0.3 is 10.6 Å². The number of carbonyl (C=O) groups is 1. The van der Waals surface area contributed by atoms with Crippen LogP contribution in [0.4, 0.5) is 0 Å². The van der Waals surface area contributed by atoms with Crippen molar-refractivity contribution in [3.05, 3.63) is 11.8 Å². The van der Waals surface area contributed by atoms with Crippen molar-refractivity contribution in [3.63, 3.8) is 0 Å². The minimum absolute atomic E-state index is 0.0547. The predicted molar refractivity (Wildman–Crippen MR) is 88.9 cm³/mol. The first-order chi connectivity index (χ1) is 9.93. The summed E-state index contributed by atoms with van der Waals surface area (Å²) >= 11 is 0. The van der Waals surface area contributed by atoms with Crippen molar-refractivity contribution < 1.29 is 4.79 Å². The lowest BCUT2D eigenvalue weighted by atomic mass is 9.93. The van der Waals surface area contributed by atoms with Crippen LogP contribution in [0.2, 0.25) is 0 Å². The lowest BCUT2D eigenvalue weighted by Gasteiger charge is -2.33. The van der Waals surface area contributed by atoms with E-state index in [2.05, 4.69) is 38.7 Å². The van der Waals surface area contributed by atoms with Gasteiger partial charge in [-0.25, -0.2) is 0 Å². The third-order valence-corrected chi connectivity index (χ3v) is 4.08. The average Bonchev–Trinajstić information content (AvgIpc) is 2.93. The molecule has 0 unspecified atom stereocenters. The number of allylic oxidation sites excluding steroid dienone is 2. The highest BCUT2D eigenvalue weighted by Crippen LogP contribution is 2.22. The van der Waals surface area contributed by atoms with Crippen molar-refractivity contribution in [3.8, 4) is 0 Å². The van der Waals surface area contributed by atoms with E-state index < -0.39 is 0 Å². The van der Waals surface area contributed by atoms with Gasteiger partial charge in [-0.1, -0.05) is 26.8 Å². The van der Waals surface area contributed by atoms with E-state index >= 15 is 0 Å². The number of nitrogens with zero attached hydrogens (tertiary/aromatic N) is 2. The zero-order chi connectivity index (χ0) is 15.9. The molecule has 0 spiro atoms. The van der Waals surface area contributed by atoms with Crippen molar-refractivity contribution in [2.45, 2.75) is 53.4 Å². The van der Waals surface area contributed by atoms with Crippen molar-refractivity contribution >= 4 is 5.91 Å². The van der Waals surface area contributed by atoms with Crippen LogP contribution in [-0.2, 0) is 4.79 Å². The Morgan fingerprint density at radius 2 is 2.10 bits per heavy atom. The molecule has 122 valence electrons. The molecule has 21 heavy (non-hydrogen) atoms. The van der Waals surface area contributed by atoms with Crippen molar-refractivity contribution in [2.75, 3.05) is 32.7 Å². The maximum absolute atomic E-state index is 12.6. The first kappa shape index (κ1) is 18.2.